The molecule has 1 aromatic carbocycles. The van der Waals surface area contributed by atoms with Gasteiger partial charge in [-0.25, -0.2) is 9.80 Å². The van der Waals surface area contributed by atoms with E-state index in [2.05, 4.69) is 5.32 Å². The summed E-state index contributed by atoms with van der Waals surface area (Å²) in [6, 6.07) is 9.92. The zero-order valence-electron chi connectivity index (χ0n) is 12.4. The van der Waals surface area contributed by atoms with E-state index in [0.29, 0.717) is 6.54 Å². The highest BCUT2D eigenvalue weighted by Gasteiger charge is 2.28. The molecule has 1 fully saturated rings. The van der Waals surface area contributed by atoms with Crippen LogP contribution in [0.3, 0.4) is 0 Å². The number of hydrogen-bond acceptors (Lipinski definition) is 4. The number of nitrogens with zero attached hydrogens (tertiary/aromatic N) is 2. The Balaban J connectivity index is 2.19. The summed E-state index contributed by atoms with van der Waals surface area (Å²) in [6.07, 6.45) is -0.301. The largest absolute Gasteiger partial charge is 0.442 e. The van der Waals surface area contributed by atoms with Crippen molar-refractivity contribution in [1.29, 1.82) is 0 Å². The predicted molar refractivity (Wildman–Crippen MR) is 79.6 cm³/mol. The van der Waals surface area contributed by atoms with E-state index in [1.807, 2.05) is 56.1 Å². The van der Waals surface area contributed by atoms with Gasteiger partial charge in [-0.1, -0.05) is 18.2 Å². The number of ether oxygens (including phenoxy) is 1. The van der Waals surface area contributed by atoms with Gasteiger partial charge in [0.2, 0.25) is 0 Å². The summed E-state index contributed by atoms with van der Waals surface area (Å²) in [5.74, 6) is 0. The Hall–Kier alpha value is -1.75. The molecule has 0 saturated carbocycles. The Kier molecular flexibility index (Phi) is 4.49. The molecule has 1 heterocycles. The van der Waals surface area contributed by atoms with Crippen LogP contribution in [-0.2, 0) is 4.74 Å². The second kappa shape index (κ2) is 6.13. The number of para-hydroxylation sites is 1. The standard InChI is InChI=1S/C15H23N3O2/c1-15(2,3)20-14(19)18-12-10-16-9-11-17(18)13-7-5-4-6-8-13/h4-8,16H,9-12H2,1-3H3. The van der Waals surface area contributed by atoms with Crippen molar-refractivity contribution in [3.8, 4) is 0 Å². The normalized spacial score (nSPS) is 16.8. The van der Waals surface area contributed by atoms with Crippen LogP contribution in [-0.4, -0.2) is 42.9 Å². The third-order valence-electron chi connectivity index (χ3n) is 2.95. The molecule has 1 aliphatic heterocycles. The average molecular weight is 277 g/mol. The van der Waals surface area contributed by atoms with E-state index in [1.54, 1.807) is 5.01 Å². The monoisotopic (exact) mass is 277 g/mol. The van der Waals surface area contributed by atoms with E-state index in [4.69, 9.17) is 4.74 Å². The van der Waals surface area contributed by atoms with Crippen molar-refractivity contribution in [2.75, 3.05) is 31.2 Å². The summed E-state index contributed by atoms with van der Waals surface area (Å²) < 4.78 is 5.50. The van der Waals surface area contributed by atoms with Gasteiger partial charge in [0.25, 0.3) is 0 Å². The maximum Gasteiger partial charge on any atom is 0.429 e. The summed E-state index contributed by atoms with van der Waals surface area (Å²) in [4.78, 5) is 12.4. The predicted octanol–water partition coefficient (Wildman–Crippen LogP) is 2.25. The van der Waals surface area contributed by atoms with Crippen LogP contribution in [0.4, 0.5) is 10.5 Å². The van der Waals surface area contributed by atoms with Gasteiger partial charge in [-0.2, -0.15) is 0 Å². The smallest absolute Gasteiger partial charge is 0.429 e. The lowest BCUT2D eigenvalue weighted by molar-refractivity contribution is 0.0239. The zero-order valence-corrected chi connectivity index (χ0v) is 12.4. The number of rotatable bonds is 1. The first-order chi connectivity index (χ1) is 9.47. The van der Waals surface area contributed by atoms with Gasteiger partial charge in [0.1, 0.15) is 5.60 Å². The van der Waals surface area contributed by atoms with Gasteiger partial charge in [0, 0.05) is 13.1 Å². The molecule has 2 rings (SSSR count). The van der Waals surface area contributed by atoms with Crippen LogP contribution in [0.2, 0.25) is 0 Å². The van der Waals surface area contributed by atoms with Gasteiger partial charge >= 0.3 is 6.09 Å². The van der Waals surface area contributed by atoms with Crippen molar-refractivity contribution in [3.63, 3.8) is 0 Å². The lowest BCUT2D eigenvalue weighted by Gasteiger charge is -2.35. The molecule has 1 amide bonds. The molecule has 0 radical (unpaired) electrons. The van der Waals surface area contributed by atoms with Crippen LogP contribution >= 0.6 is 0 Å². The molecular weight excluding hydrogens is 254 g/mol. The number of carbonyl (C=O) groups is 1. The highest BCUT2D eigenvalue weighted by Crippen LogP contribution is 2.19. The number of hydrogen-bond donors (Lipinski definition) is 1. The van der Waals surface area contributed by atoms with E-state index in [9.17, 15) is 4.79 Å². The van der Waals surface area contributed by atoms with Gasteiger partial charge in [-0.15, -0.1) is 0 Å². The van der Waals surface area contributed by atoms with Crippen molar-refractivity contribution in [2.24, 2.45) is 0 Å². The minimum Gasteiger partial charge on any atom is -0.442 e. The molecule has 5 nitrogen and oxygen atoms in total. The average Bonchev–Trinajstić information content (AvgIpc) is 2.63. The van der Waals surface area contributed by atoms with Crippen LogP contribution in [0.5, 0.6) is 0 Å². The molecule has 0 spiro atoms. The van der Waals surface area contributed by atoms with E-state index >= 15 is 0 Å². The molecule has 0 atom stereocenters. The molecule has 0 bridgehead atoms. The Morgan fingerprint density at radius 3 is 2.45 bits per heavy atom. The van der Waals surface area contributed by atoms with Gasteiger partial charge in [0.05, 0.1) is 18.8 Å². The number of carbonyl (C=O) groups excluding carboxylic acids is 1. The fourth-order valence-electron chi connectivity index (χ4n) is 2.11. The molecule has 1 aliphatic rings. The van der Waals surface area contributed by atoms with E-state index in [0.717, 1.165) is 25.3 Å². The Labute approximate surface area is 120 Å². The summed E-state index contributed by atoms with van der Waals surface area (Å²) >= 11 is 0. The number of hydrazine groups is 1. The lowest BCUT2D eigenvalue weighted by Crippen LogP contribution is -2.49. The minimum atomic E-state index is -0.487. The molecular formula is C15H23N3O2. The van der Waals surface area contributed by atoms with Crippen molar-refractivity contribution in [2.45, 2.75) is 26.4 Å². The first kappa shape index (κ1) is 14.7. The number of nitrogens with one attached hydrogen (secondary N) is 1. The van der Waals surface area contributed by atoms with Gasteiger partial charge in [-0.05, 0) is 32.9 Å². The molecule has 1 N–H and O–H groups in total. The quantitative estimate of drug-likeness (QED) is 0.855. The number of benzene rings is 1. The molecule has 110 valence electrons. The Morgan fingerprint density at radius 2 is 1.80 bits per heavy atom. The summed E-state index contributed by atoms with van der Waals surface area (Å²) in [5.41, 5.74) is 0.515. The minimum absolute atomic E-state index is 0.301. The van der Waals surface area contributed by atoms with Crippen molar-refractivity contribution >= 4 is 11.8 Å². The maximum absolute atomic E-state index is 12.4. The SMILES string of the molecule is CC(C)(C)OC(=O)N1CCNCCN1c1ccccc1. The first-order valence-electron chi connectivity index (χ1n) is 7.01. The summed E-state index contributed by atoms with van der Waals surface area (Å²) in [6.45, 7) is 8.60. The third kappa shape index (κ3) is 3.87. The fourth-order valence-corrected chi connectivity index (χ4v) is 2.11. The van der Waals surface area contributed by atoms with Gasteiger partial charge in [-0.3, -0.25) is 5.01 Å². The highest BCUT2D eigenvalue weighted by atomic mass is 16.6. The highest BCUT2D eigenvalue weighted by molar-refractivity contribution is 5.71. The van der Waals surface area contributed by atoms with E-state index < -0.39 is 5.60 Å². The van der Waals surface area contributed by atoms with Crippen molar-refractivity contribution in [1.82, 2.24) is 10.3 Å². The summed E-state index contributed by atoms with van der Waals surface area (Å²) in [7, 11) is 0. The van der Waals surface area contributed by atoms with E-state index in [1.165, 1.54) is 0 Å². The third-order valence-corrected chi connectivity index (χ3v) is 2.95. The molecule has 0 aromatic heterocycles. The molecule has 20 heavy (non-hydrogen) atoms. The van der Waals surface area contributed by atoms with Crippen molar-refractivity contribution < 1.29 is 9.53 Å². The zero-order chi connectivity index (χ0) is 14.6. The lowest BCUT2D eigenvalue weighted by atomic mass is 10.2. The Morgan fingerprint density at radius 1 is 1.15 bits per heavy atom. The van der Waals surface area contributed by atoms with Crippen molar-refractivity contribution in [3.05, 3.63) is 30.3 Å². The molecule has 0 aliphatic carbocycles. The van der Waals surface area contributed by atoms with Crippen LogP contribution in [0.1, 0.15) is 20.8 Å². The van der Waals surface area contributed by atoms with Crippen LogP contribution in [0, 0.1) is 0 Å². The van der Waals surface area contributed by atoms with Crippen LogP contribution in [0.15, 0.2) is 30.3 Å². The second-order valence-corrected chi connectivity index (χ2v) is 5.81. The first-order valence-corrected chi connectivity index (χ1v) is 7.01. The number of amides is 1. The Bertz CT molecular complexity index is 442. The van der Waals surface area contributed by atoms with E-state index in [-0.39, 0.29) is 6.09 Å². The molecule has 1 aromatic rings. The molecule has 1 saturated heterocycles. The van der Waals surface area contributed by atoms with Crippen LogP contribution < -0.4 is 10.3 Å². The van der Waals surface area contributed by atoms with Gasteiger partial charge < -0.3 is 10.1 Å². The van der Waals surface area contributed by atoms with Gasteiger partial charge in [0.15, 0.2) is 0 Å². The topological polar surface area (TPSA) is 44.8 Å². The van der Waals surface area contributed by atoms with Crippen LogP contribution in [0.25, 0.3) is 0 Å². The number of anilines is 1. The molecule has 5 heteroatoms. The second-order valence-electron chi connectivity index (χ2n) is 5.81. The maximum atomic E-state index is 12.4. The summed E-state index contributed by atoms with van der Waals surface area (Å²) in [5, 5.41) is 6.96. The molecule has 0 unspecified atom stereocenters. The fraction of sp³-hybridized carbons (Fsp3) is 0.533.